The molecule has 156 valence electrons. The summed E-state index contributed by atoms with van der Waals surface area (Å²) in [5, 5.41) is 5.80. The Bertz CT molecular complexity index is 1150. The molecule has 0 unspecified atom stereocenters. The molecule has 0 radical (unpaired) electrons. The highest BCUT2D eigenvalue weighted by molar-refractivity contribution is 7.09. The molecule has 0 spiro atoms. The second-order valence-electron chi connectivity index (χ2n) is 7.13. The molecule has 1 N–H and O–H groups in total. The van der Waals surface area contributed by atoms with Gasteiger partial charge in [0, 0.05) is 46.9 Å². The van der Waals surface area contributed by atoms with Crippen molar-refractivity contribution in [3.63, 3.8) is 0 Å². The van der Waals surface area contributed by atoms with E-state index in [4.69, 9.17) is 4.74 Å². The van der Waals surface area contributed by atoms with Crippen LogP contribution >= 0.6 is 11.3 Å². The number of hydrogen-bond donors (Lipinski definition) is 1. The Morgan fingerprint density at radius 3 is 2.55 bits per heavy atom. The monoisotopic (exact) mass is 430 g/mol. The van der Waals surface area contributed by atoms with Crippen LogP contribution < -0.4 is 10.1 Å². The Kier molecular flexibility index (Phi) is 6.33. The number of pyridine rings is 2. The molecule has 0 fully saturated rings. The molecule has 1 amide bonds. The Labute approximate surface area is 185 Å². The van der Waals surface area contributed by atoms with Crippen molar-refractivity contribution in [2.24, 2.45) is 0 Å². The number of aryl methyl sites for hydroxylation is 2. The lowest BCUT2D eigenvalue weighted by molar-refractivity contribution is 0.0950. The summed E-state index contributed by atoms with van der Waals surface area (Å²) < 4.78 is 5.98. The number of nitrogens with zero attached hydrogens (tertiary/aromatic N) is 3. The fourth-order valence-corrected chi connectivity index (χ4v) is 4.00. The molecule has 0 aliphatic carbocycles. The van der Waals surface area contributed by atoms with Crippen molar-refractivity contribution in [2.45, 2.75) is 27.0 Å². The van der Waals surface area contributed by atoms with Gasteiger partial charge in [0.05, 0.1) is 12.2 Å². The first kappa shape index (κ1) is 20.7. The Morgan fingerprint density at radius 1 is 1.06 bits per heavy atom. The second kappa shape index (κ2) is 9.49. The maximum absolute atomic E-state index is 12.7. The molecule has 0 aliphatic rings. The number of ether oxygens (including phenoxy) is 1. The SMILES string of the molecule is Cc1cc(C(=O)NCc2nc(-c3ccncc3)cs2)cc(C)c1OCc1cccnc1. The summed E-state index contributed by atoms with van der Waals surface area (Å²) in [4.78, 5) is 25.4. The highest BCUT2D eigenvalue weighted by Crippen LogP contribution is 2.26. The summed E-state index contributed by atoms with van der Waals surface area (Å²) in [5.74, 6) is 0.660. The van der Waals surface area contributed by atoms with Gasteiger partial charge in [0.2, 0.25) is 0 Å². The minimum atomic E-state index is -0.134. The first-order valence-electron chi connectivity index (χ1n) is 9.86. The summed E-state index contributed by atoms with van der Waals surface area (Å²) in [6.45, 7) is 4.71. The zero-order chi connectivity index (χ0) is 21.6. The van der Waals surface area contributed by atoms with Gasteiger partial charge in [-0.05, 0) is 55.3 Å². The lowest BCUT2D eigenvalue weighted by atomic mass is 10.0. The van der Waals surface area contributed by atoms with Crippen molar-refractivity contribution >= 4 is 17.2 Å². The topological polar surface area (TPSA) is 77.0 Å². The van der Waals surface area contributed by atoms with Crippen LogP contribution in [0.5, 0.6) is 5.75 Å². The average Bonchev–Trinajstić information content (AvgIpc) is 3.27. The third kappa shape index (κ3) is 5.13. The van der Waals surface area contributed by atoms with Crippen LogP contribution in [0.4, 0.5) is 0 Å². The third-order valence-corrected chi connectivity index (χ3v) is 5.61. The lowest BCUT2D eigenvalue weighted by Crippen LogP contribution is -2.23. The standard InChI is InChI=1S/C24H22N4O2S/c1-16-10-20(11-17(2)23(16)30-14-18-4-3-7-26-12-18)24(29)27-13-22-28-21(15-31-22)19-5-8-25-9-6-19/h3-12,15H,13-14H2,1-2H3,(H,27,29). The van der Waals surface area contributed by atoms with Crippen molar-refractivity contribution in [3.8, 4) is 17.0 Å². The van der Waals surface area contributed by atoms with Gasteiger partial charge in [-0.15, -0.1) is 11.3 Å². The van der Waals surface area contributed by atoms with Gasteiger partial charge in [-0.25, -0.2) is 4.98 Å². The predicted octanol–water partition coefficient (Wildman–Crippen LogP) is 4.73. The van der Waals surface area contributed by atoms with Gasteiger partial charge < -0.3 is 10.1 Å². The van der Waals surface area contributed by atoms with E-state index in [1.54, 1.807) is 24.8 Å². The lowest BCUT2D eigenvalue weighted by Gasteiger charge is -2.14. The van der Waals surface area contributed by atoms with Crippen LogP contribution in [0.25, 0.3) is 11.3 Å². The van der Waals surface area contributed by atoms with Crippen LogP contribution in [0.15, 0.2) is 66.6 Å². The van der Waals surface area contributed by atoms with Crippen LogP contribution in [0.2, 0.25) is 0 Å². The third-order valence-electron chi connectivity index (χ3n) is 4.76. The highest BCUT2D eigenvalue weighted by Gasteiger charge is 2.13. The van der Waals surface area contributed by atoms with E-state index in [0.29, 0.717) is 18.7 Å². The number of rotatable bonds is 7. The predicted molar refractivity (Wildman–Crippen MR) is 121 cm³/mol. The van der Waals surface area contributed by atoms with E-state index in [2.05, 4.69) is 20.3 Å². The molecular weight excluding hydrogens is 408 g/mol. The van der Waals surface area contributed by atoms with Gasteiger partial charge in [0.15, 0.2) is 0 Å². The van der Waals surface area contributed by atoms with Gasteiger partial charge in [0.1, 0.15) is 17.4 Å². The van der Waals surface area contributed by atoms with E-state index >= 15 is 0 Å². The molecular formula is C24H22N4O2S. The Balaban J connectivity index is 1.39. The van der Waals surface area contributed by atoms with Gasteiger partial charge >= 0.3 is 0 Å². The minimum Gasteiger partial charge on any atom is -0.488 e. The molecule has 0 atom stereocenters. The van der Waals surface area contributed by atoms with Crippen LogP contribution in [-0.4, -0.2) is 20.9 Å². The zero-order valence-corrected chi connectivity index (χ0v) is 18.1. The normalized spacial score (nSPS) is 10.6. The smallest absolute Gasteiger partial charge is 0.251 e. The number of nitrogens with one attached hydrogen (secondary N) is 1. The molecule has 6 nitrogen and oxygen atoms in total. The van der Waals surface area contributed by atoms with E-state index < -0.39 is 0 Å². The quantitative estimate of drug-likeness (QED) is 0.459. The highest BCUT2D eigenvalue weighted by atomic mass is 32.1. The molecule has 0 saturated carbocycles. The number of carbonyl (C=O) groups is 1. The number of benzene rings is 1. The fraction of sp³-hybridized carbons (Fsp3) is 0.167. The molecule has 31 heavy (non-hydrogen) atoms. The van der Waals surface area contributed by atoms with E-state index in [0.717, 1.165) is 38.7 Å². The van der Waals surface area contributed by atoms with Gasteiger partial charge in [-0.3, -0.25) is 14.8 Å². The molecule has 0 saturated heterocycles. The first-order valence-corrected chi connectivity index (χ1v) is 10.7. The molecule has 1 aromatic carbocycles. The molecule has 0 aliphatic heterocycles. The van der Waals surface area contributed by atoms with E-state index in [-0.39, 0.29) is 5.91 Å². The summed E-state index contributed by atoms with van der Waals surface area (Å²) in [6.07, 6.45) is 7.00. The summed E-state index contributed by atoms with van der Waals surface area (Å²) in [7, 11) is 0. The van der Waals surface area contributed by atoms with E-state index in [9.17, 15) is 4.79 Å². The van der Waals surface area contributed by atoms with Crippen LogP contribution in [0.3, 0.4) is 0 Å². The van der Waals surface area contributed by atoms with Crippen molar-refractivity contribution in [3.05, 3.63) is 93.8 Å². The fourth-order valence-electron chi connectivity index (χ4n) is 3.25. The summed E-state index contributed by atoms with van der Waals surface area (Å²) >= 11 is 1.52. The molecule has 4 aromatic rings. The summed E-state index contributed by atoms with van der Waals surface area (Å²) in [6, 6.07) is 11.4. The summed E-state index contributed by atoms with van der Waals surface area (Å²) in [5.41, 5.74) is 5.34. The maximum atomic E-state index is 12.7. The second-order valence-corrected chi connectivity index (χ2v) is 8.08. The van der Waals surface area contributed by atoms with E-state index in [1.165, 1.54) is 11.3 Å². The zero-order valence-electron chi connectivity index (χ0n) is 17.3. The van der Waals surface area contributed by atoms with Crippen LogP contribution in [0.1, 0.15) is 32.1 Å². The number of thiazole rings is 1. The largest absolute Gasteiger partial charge is 0.488 e. The van der Waals surface area contributed by atoms with Crippen molar-refractivity contribution in [1.29, 1.82) is 0 Å². The molecule has 3 aromatic heterocycles. The van der Waals surface area contributed by atoms with Gasteiger partial charge in [-0.2, -0.15) is 0 Å². The number of aromatic nitrogens is 3. The van der Waals surface area contributed by atoms with Crippen molar-refractivity contribution in [2.75, 3.05) is 0 Å². The molecule has 3 heterocycles. The van der Waals surface area contributed by atoms with Crippen LogP contribution in [-0.2, 0) is 13.2 Å². The number of carbonyl (C=O) groups excluding carboxylic acids is 1. The van der Waals surface area contributed by atoms with Gasteiger partial charge in [-0.1, -0.05) is 6.07 Å². The molecule has 4 rings (SSSR count). The van der Waals surface area contributed by atoms with Gasteiger partial charge in [0.25, 0.3) is 5.91 Å². The number of amides is 1. The van der Waals surface area contributed by atoms with E-state index in [1.807, 2.05) is 55.6 Å². The minimum absolute atomic E-state index is 0.134. The number of hydrogen-bond acceptors (Lipinski definition) is 6. The van der Waals surface area contributed by atoms with Crippen LogP contribution in [0, 0.1) is 13.8 Å². The first-order chi connectivity index (χ1) is 15.1. The maximum Gasteiger partial charge on any atom is 0.251 e. The van der Waals surface area contributed by atoms with Crippen molar-refractivity contribution < 1.29 is 9.53 Å². The van der Waals surface area contributed by atoms with Crippen molar-refractivity contribution in [1.82, 2.24) is 20.3 Å². The molecule has 0 bridgehead atoms. The Hall–Kier alpha value is -3.58. The molecule has 7 heteroatoms. The Morgan fingerprint density at radius 2 is 1.84 bits per heavy atom. The average molecular weight is 431 g/mol.